The number of nitrogens with one attached hydrogen (secondary N) is 1. The summed E-state index contributed by atoms with van der Waals surface area (Å²) in [6.45, 7) is -2.33. The molecule has 2 amide bonds. The SMILES string of the molecule is COc1cccc(/C=C/C(=O)Nc2ccc(N3CCCC3=O)cc2)c1OC(F)F. The average Bonchev–Trinajstić information content (AvgIpc) is 3.13. The maximum absolute atomic E-state index is 12.7. The Morgan fingerprint density at radius 1 is 1.21 bits per heavy atom. The Morgan fingerprint density at radius 3 is 2.59 bits per heavy atom. The molecule has 0 atom stereocenters. The number of halogens is 2. The number of para-hydroxylation sites is 1. The quantitative estimate of drug-likeness (QED) is 0.709. The Morgan fingerprint density at radius 2 is 1.97 bits per heavy atom. The van der Waals surface area contributed by atoms with E-state index in [1.165, 1.54) is 31.4 Å². The van der Waals surface area contributed by atoms with Gasteiger partial charge in [-0.2, -0.15) is 8.78 Å². The van der Waals surface area contributed by atoms with Gasteiger partial charge in [0.05, 0.1) is 7.11 Å². The van der Waals surface area contributed by atoms with Crippen LogP contribution in [0.2, 0.25) is 0 Å². The molecule has 2 aromatic rings. The second-order valence-electron chi connectivity index (χ2n) is 6.28. The van der Waals surface area contributed by atoms with Crippen LogP contribution in [0.5, 0.6) is 11.5 Å². The number of ether oxygens (including phenoxy) is 2. The van der Waals surface area contributed by atoms with Gasteiger partial charge in [0.2, 0.25) is 11.8 Å². The molecule has 6 nitrogen and oxygen atoms in total. The van der Waals surface area contributed by atoms with E-state index in [2.05, 4.69) is 10.1 Å². The molecule has 1 N–H and O–H groups in total. The van der Waals surface area contributed by atoms with Gasteiger partial charge in [0.25, 0.3) is 0 Å². The number of alkyl halides is 2. The van der Waals surface area contributed by atoms with Crippen molar-refractivity contribution in [2.24, 2.45) is 0 Å². The molecule has 0 aromatic heterocycles. The fraction of sp³-hybridized carbons (Fsp3) is 0.238. The molecule has 1 saturated heterocycles. The van der Waals surface area contributed by atoms with Gasteiger partial charge in [0.1, 0.15) is 0 Å². The predicted molar refractivity (Wildman–Crippen MR) is 105 cm³/mol. The van der Waals surface area contributed by atoms with Crippen molar-refractivity contribution in [3.05, 3.63) is 54.1 Å². The van der Waals surface area contributed by atoms with Crippen LogP contribution >= 0.6 is 0 Å². The second kappa shape index (κ2) is 9.18. The number of amides is 2. The van der Waals surface area contributed by atoms with Crippen LogP contribution < -0.4 is 19.7 Å². The topological polar surface area (TPSA) is 67.9 Å². The molecule has 0 radical (unpaired) electrons. The van der Waals surface area contributed by atoms with E-state index in [-0.39, 0.29) is 23.0 Å². The molecule has 3 rings (SSSR count). The lowest BCUT2D eigenvalue weighted by molar-refractivity contribution is -0.117. The second-order valence-corrected chi connectivity index (χ2v) is 6.28. The van der Waals surface area contributed by atoms with Crippen molar-refractivity contribution in [2.75, 3.05) is 23.9 Å². The molecule has 1 aliphatic rings. The first-order chi connectivity index (χ1) is 14.0. The van der Waals surface area contributed by atoms with E-state index in [0.29, 0.717) is 18.7 Å². The maximum Gasteiger partial charge on any atom is 0.387 e. The number of hydrogen-bond donors (Lipinski definition) is 1. The number of methoxy groups -OCH3 is 1. The standard InChI is InChI=1S/C21H20F2N2O4/c1-28-17-5-2-4-14(20(17)29-21(22)23)7-12-18(26)24-15-8-10-16(11-9-15)25-13-3-6-19(25)27/h2,4-5,7-12,21H,3,6,13H2,1H3,(H,24,26)/b12-7+. The van der Waals surface area contributed by atoms with Crippen LogP contribution in [-0.4, -0.2) is 32.1 Å². The fourth-order valence-corrected chi connectivity index (χ4v) is 3.04. The van der Waals surface area contributed by atoms with Gasteiger partial charge in [-0.25, -0.2) is 0 Å². The Kier molecular flexibility index (Phi) is 6.43. The molecule has 1 fully saturated rings. The third-order valence-corrected chi connectivity index (χ3v) is 4.37. The number of nitrogens with zero attached hydrogens (tertiary/aromatic N) is 1. The predicted octanol–water partition coefficient (Wildman–Crippen LogP) is 4.08. The van der Waals surface area contributed by atoms with Crippen LogP contribution in [0.4, 0.5) is 20.2 Å². The van der Waals surface area contributed by atoms with Crippen molar-refractivity contribution in [2.45, 2.75) is 19.5 Å². The van der Waals surface area contributed by atoms with E-state index in [4.69, 9.17) is 4.74 Å². The van der Waals surface area contributed by atoms with Gasteiger partial charge < -0.3 is 19.7 Å². The number of carbonyl (C=O) groups is 2. The molecule has 1 heterocycles. The Balaban J connectivity index is 1.68. The maximum atomic E-state index is 12.7. The van der Waals surface area contributed by atoms with E-state index in [1.807, 2.05) is 0 Å². The number of carbonyl (C=O) groups excluding carboxylic acids is 2. The minimum atomic E-state index is -3.02. The Hall–Kier alpha value is -3.42. The van der Waals surface area contributed by atoms with Crippen molar-refractivity contribution in [3.8, 4) is 11.5 Å². The summed E-state index contributed by atoms with van der Waals surface area (Å²) in [6.07, 6.45) is 3.96. The smallest absolute Gasteiger partial charge is 0.387 e. The van der Waals surface area contributed by atoms with Crippen LogP contribution in [-0.2, 0) is 9.59 Å². The van der Waals surface area contributed by atoms with Crippen molar-refractivity contribution >= 4 is 29.3 Å². The van der Waals surface area contributed by atoms with E-state index in [9.17, 15) is 18.4 Å². The van der Waals surface area contributed by atoms with E-state index in [0.717, 1.165) is 12.1 Å². The molecule has 2 aromatic carbocycles. The molecule has 0 unspecified atom stereocenters. The molecule has 0 aliphatic carbocycles. The molecule has 0 bridgehead atoms. The Bertz CT molecular complexity index is 913. The van der Waals surface area contributed by atoms with Gasteiger partial charge in [0.15, 0.2) is 11.5 Å². The first-order valence-corrected chi connectivity index (χ1v) is 8.99. The molecule has 0 saturated carbocycles. The molecule has 29 heavy (non-hydrogen) atoms. The zero-order chi connectivity index (χ0) is 20.8. The zero-order valence-electron chi connectivity index (χ0n) is 15.7. The van der Waals surface area contributed by atoms with E-state index in [1.54, 1.807) is 35.2 Å². The molecule has 1 aliphatic heterocycles. The van der Waals surface area contributed by atoms with E-state index < -0.39 is 12.5 Å². The van der Waals surface area contributed by atoms with Crippen molar-refractivity contribution in [1.29, 1.82) is 0 Å². The van der Waals surface area contributed by atoms with Gasteiger partial charge in [-0.1, -0.05) is 12.1 Å². The van der Waals surface area contributed by atoms with Gasteiger partial charge in [0, 0.05) is 36.0 Å². The van der Waals surface area contributed by atoms with Gasteiger partial charge in [-0.3, -0.25) is 9.59 Å². The highest BCUT2D eigenvalue weighted by atomic mass is 19.3. The number of benzene rings is 2. The summed E-state index contributed by atoms with van der Waals surface area (Å²) in [5, 5.41) is 2.68. The van der Waals surface area contributed by atoms with Crippen LogP contribution in [0.25, 0.3) is 6.08 Å². The lowest BCUT2D eigenvalue weighted by Crippen LogP contribution is -2.23. The molecular weight excluding hydrogens is 382 g/mol. The lowest BCUT2D eigenvalue weighted by atomic mass is 10.1. The van der Waals surface area contributed by atoms with E-state index >= 15 is 0 Å². The summed E-state index contributed by atoms with van der Waals surface area (Å²) in [5.74, 6) is -0.362. The van der Waals surface area contributed by atoms with Crippen LogP contribution in [0.3, 0.4) is 0 Å². The summed E-state index contributed by atoms with van der Waals surface area (Å²) in [6, 6.07) is 11.5. The molecule has 8 heteroatoms. The van der Waals surface area contributed by atoms with Crippen molar-refractivity contribution in [3.63, 3.8) is 0 Å². The van der Waals surface area contributed by atoms with Gasteiger partial charge >= 0.3 is 6.61 Å². The molecule has 0 spiro atoms. The Labute approximate surface area is 166 Å². The summed E-state index contributed by atoms with van der Waals surface area (Å²) >= 11 is 0. The first kappa shape index (κ1) is 20.3. The third kappa shape index (κ3) is 5.10. The van der Waals surface area contributed by atoms with Crippen molar-refractivity contribution < 1.29 is 27.8 Å². The van der Waals surface area contributed by atoms with Crippen LogP contribution in [0.15, 0.2) is 48.5 Å². The highest BCUT2D eigenvalue weighted by molar-refractivity contribution is 6.02. The summed E-state index contributed by atoms with van der Waals surface area (Å²) in [5.41, 5.74) is 1.61. The van der Waals surface area contributed by atoms with Crippen LogP contribution in [0, 0.1) is 0 Å². The number of rotatable bonds is 7. The average molecular weight is 402 g/mol. The monoisotopic (exact) mass is 402 g/mol. The van der Waals surface area contributed by atoms with Crippen LogP contribution in [0.1, 0.15) is 18.4 Å². The minimum absolute atomic E-state index is 0.0878. The molecular formula is C21H20F2N2O4. The summed E-state index contributed by atoms with van der Waals surface area (Å²) in [7, 11) is 1.34. The zero-order valence-corrected chi connectivity index (χ0v) is 15.7. The number of hydrogen-bond acceptors (Lipinski definition) is 4. The fourth-order valence-electron chi connectivity index (χ4n) is 3.04. The highest BCUT2D eigenvalue weighted by Crippen LogP contribution is 2.33. The van der Waals surface area contributed by atoms with Crippen molar-refractivity contribution in [1.82, 2.24) is 0 Å². The van der Waals surface area contributed by atoms with Gasteiger partial charge in [-0.05, 0) is 42.8 Å². The summed E-state index contributed by atoms with van der Waals surface area (Å²) < 4.78 is 34.9. The highest BCUT2D eigenvalue weighted by Gasteiger charge is 2.21. The van der Waals surface area contributed by atoms with Gasteiger partial charge in [-0.15, -0.1) is 0 Å². The minimum Gasteiger partial charge on any atom is -0.493 e. The lowest BCUT2D eigenvalue weighted by Gasteiger charge is -2.16. The summed E-state index contributed by atoms with van der Waals surface area (Å²) in [4.78, 5) is 25.7. The number of anilines is 2. The first-order valence-electron chi connectivity index (χ1n) is 8.99. The largest absolute Gasteiger partial charge is 0.493 e. The molecule has 152 valence electrons. The normalized spacial score (nSPS) is 13.9. The third-order valence-electron chi connectivity index (χ3n) is 4.37.